The van der Waals surface area contributed by atoms with E-state index in [-0.39, 0.29) is 25.2 Å². The van der Waals surface area contributed by atoms with E-state index in [1.165, 1.54) is 167 Å². The number of hydrogen-bond donors (Lipinski definition) is 1. The third-order valence-corrected chi connectivity index (χ3v) is 9.58. The van der Waals surface area contributed by atoms with Crippen molar-refractivity contribution in [2.45, 2.75) is 239 Å². The molecule has 0 aliphatic heterocycles. The second-order valence-corrected chi connectivity index (χ2v) is 14.9. The summed E-state index contributed by atoms with van der Waals surface area (Å²) in [6.07, 6.45) is 40.2. The summed E-state index contributed by atoms with van der Waals surface area (Å²) in [7, 11) is 0. The first-order valence-electron chi connectivity index (χ1n) is 21.0. The summed E-state index contributed by atoms with van der Waals surface area (Å²) in [5.41, 5.74) is 0. The number of rotatable bonds is 38. The van der Waals surface area contributed by atoms with E-state index >= 15 is 0 Å². The Hall–Kier alpha value is -1.10. The highest BCUT2D eigenvalue weighted by Gasteiger charge is 2.16. The zero-order valence-corrected chi connectivity index (χ0v) is 32.0. The smallest absolute Gasteiger partial charge is 0.306 e. The van der Waals surface area contributed by atoms with E-state index in [9.17, 15) is 14.7 Å². The van der Waals surface area contributed by atoms with Gasteiger partial charge in [-0.05, 0) is 18.8 Å². The number of hydrogen-bond acceptors (Lipinski definition) is 5. The average Bonchev–Trinajstić information content (AvgIpc) is 3.06. The monoisotopic (exact) mass is 667 g/mol. The lowest BCUT2D eigenvalue weighted by molar-refractivity contribution is -0.161. The molecule has 0 fully saturated rings. The molecule has 0 radical (unpaired) electrons. The van der Waals surface area contributed by atoms with E-state index in [0.717, 1.165) is 38.0 Å². The highest BCUT2D eigenvalue weighted by atomic mass is 16.6. The maximum absolute atomic E-state index is 12.2. The second-order valence-electron chi connectivity index (χ2n) is 14.9. The SMILES string of the molecule is CCCCCCCCCCCCCCCCCCCC(=O)OC[C@H](CO)OC(=O)CCCCCCCCCCCCCCCC(C)C. The summed E-state index contributed by atoms with van der Waals surface area (Å²) in [6.45, 7) is 6.52. The van der Waals surface area contributed by atoms with Crippen molar-refractivity contribution < 1.29 is 24.2 Å². The van der Waals surface area contributed by atoms with Gasteiger partial charge in [0.1, 0.15) is 6.61 Å². The molecule has 0 bridgehead atoms. The minimum Gasteiger partial charge on any atom is -0.462 e. The molecule has 0 aromatic carbocycles. The summed E-state index contributed by atoms with van der Waals surface area (Å²) in [4.78, 5) is 24.3. The standard InChI is InChI=1S/C42H82O5/c1-4-5-6-7-8-9-10-11-12-13-14-17-20-23-26-29-32-35-41(44)46-38-40(37-43)47-42(45)36-33-30-27-24-21-18-15-16-19-22-25-28-31-34-39(2)3/h39-40,43H,4-38H2,1-3H3/t40-/m0/s1. The van der Waals surface area contributed by atoms with Gasteiger partial charge in [-0.2, -0.15) is 0 Å². The zero-order chi connectivity index (χ0) is 34.5. The van der Waals surface area contributed by atoms with Crippen LogP contribution in [0, 0.1) is 5.92 Å². The number of ether oxygens (including phenoxy) is 2. The first-order chi connectivity index (χ1) is 23.0. The Morgan fingerprint density at radius 2 is 0.787 bits per heavy atom. The fraction of sp³-hybridized carbons (Fsp3) is 0.952. The van der Waals surface area contributed by atoms with Gasteiger partial charge < -0.3 is 14.6 Å². The number of aliphatic hydroxyl groups excluding tert-OH is 1. The van der Waals surface area contributed by atoms with Crippen LogP contribution in [0.1, 0.15) is 233 Å². The molecule has 0 amide bonds. The lowest BCUT2D eigenvalue weighted by atomic mass is 10.0. The maximum atomic E-state index is 12.2. The summed E-state index contributed by atoms with van der Waals surface area (Å²) < 4.78 is 10.6. The molecule has 0 aromatic rings. The van der Waals surface area contributed by atoms with Gasteiger partial charge >= 0.3 is 11.9 Å². The Morgan fingerprint density at radius 1 is 0.468 bits per heavy atom. The van der Waals surface area contributed by atoms with Crippen molar-refractivity contribution in [3.63, 3.8) is 0 Å². The topological polar surface area (TPSA) is 72.8 Å². The van der Waals surface area contributed by atoms with Gasteiger partial charge in [-0.25, -0.2) is 0 Å². The third-order valence-electron chi connectivity index (χ3n) is 9.58. The molecule has 0 spiro atoms. The van der Waals surface area contributed by atoms with Crippen molar-refractivity contribution in [1.29, 1.82) is 0 Å². The predicted octanol–water partition coefficient (Wildman–Crippen LogP) is 13.0. The van der Waals surface area contributed by atoms with E-state index in [1.807, 2.05) is 0 Å². The average molecular weight is 667 g/mol. The fourth-order valence-electron chi connectivity index (χ4n) is 6.39. The van der Waals surface area contributed by atoms with Crippen molar-refractivity contribution in [2.75, 3.05) is 13.2 Å². The van der Waals surface area contributed by atoms with Gasteiger partial charge in [0.05, 0.1) is 6.61 Å². The normalized spacial score (nSPS) is 12.1. The van der Waals surface area contributed by atoms with E-state index in [4.69, 9.17) is 9.47 Å². The van der Waals surface area contributed by atoms with Gasteiger partial charge in [0, 0.05) is 12.8 Å². The number of carbonyl (C=O) groups excluding carboxylic acids is 2. The van der Waals surface area contributed by atoms with Crippen molar-refractivity contribution in [3.05, 3.63) is 0 Å². The molecule has 1 N–H and O–H groups in total. The highest BCUT2D eigenvalue weighted by Crippen LogP contribution is 2.16. The molecule has 0 aromatic heterocycles. The van der Waals surface area contributed by atoms with Crippen LogP contribution in [-0.2, 0) is 19.1 Å². The van der Waals surface area contributed by atoms with Crippen molar-refractivity contribution in [1.82, 2.24) is 0 Å². The van der Waals surface area contributed by atoms with Gasteiger partial charge in [-0.3, -0.25) is 9.59 Å². The van der Waals surface area contributed by atoms with Gasteiger partial charge in [-0.1, -0.05) is 207 Å². The summed E-state index contributed by atoms with van der Waals surface area (Å²) in [6, 6.07) is 0. The number of carbonyl (C=O) groups is 2. The van der Waals surface area contributed by atoms with Crippen LogP contribution < -0.4 is 0 Å². The molecule has 280 valence electrons. The van der Waals surface area contributed by atoms with Crippen molar-refractivity contribution in [3.8, 4) is 0 Å². The first kappa shape index (κ1) is 45.9. The quantitative estimate of drug-likeness (QED) is 0.0524. The van der Waals surface area contributed by atoms with Gasteiger partial charge in [-0.15, -0.1) is 0 Å². The summed E-state index contributed by atoms with van der Waals surface area (Å²) in [5.74, 6) is 0.272. The minimum absolute atomic E-state index is 0.0574. The molecule has 0 unspecified atom stereocenters. The molecular formula is C42H82O5. The number of esters is 2. The van der Waals surface area contributed by atoms with Crippen molar-refractivity contribution >= 4 is 11.9 Å². The molecule has 5 heteroatoms. The molecule has 0 saturated carbocycles. The predicted molar refractivity (Wildman–Crippen MR) is 201 cm³/mol. The molecule has 5 nitrogen and oxygen atoms in total. The second kappa shape index (κ2) is 37.7. The van der Waals surface area contributed by atoms with Crippen molar-refractivity contribution in [2.24, 2.45) is 5.92 Å². The van der Waals surface area contributed by atoms with Crippen LogP contribution in [-0.4, -0.2) is 36.4 Å². The summed E-state index contributed by atoms with van der Waals surface area (Å²) in [5, 5.41) is 9.56. The molecule has 47 heavy (non-hydrogen) atoms. The lowest BCUT2D eigenvalue weighted by Crippen LogP contribution is -2.28. The molecule has 0 heterocycles. The van der Waals surface area contributed by atoms with E-state index in [0.29, 0.717) is 12.8 Å². The fourth-order valence-corrected chi connectivity index (χ4v) is 6.39. The molecule has 0 saturated heterocycles. The van der Waals surface area contributed by atoms with Gasteiger partial charge in [0.25, 0.3) is 0 Å². The highest BCUT2D eigenvalue weighted by molar-refractivity contribution is 5.70. The number of aliphatic hydroxyl groups is 1. The lowest BCUT2D eigenvalue weighted by Gasteiger charge is -2.15. The van der Waals surface area contributed by atoms with Crippen LogP contribution in [0.4, 0.5) is 0 Å². The Balaban J connectivity index is 3.48. The molecule has 1 atom stereocenters. The van der Waals surface area contributed by atoms with Gasteiger partial charge in [0.15, 0.2) is 6.10 Å². The van der Waals surface area contributed by atoms with Crippen LogP contribution in [0.5, 0.6) is 0 Å². The minimum atomic E-state index is -0.762. The van der Waals surface area contributed by atoms with Crippen LogP contribution in [0.25, 0.3) is 0 Å². The van der Waals surface area contributed by atoms with E-state index < -0.39 is 6.10 Å². The maximum Gasteiger partial charge on any atom is 0.306 e. The van der Waals surface area contributed by atoms with Crippen LogP contribution in [0.3, 0.4) is 0 Å². The third kappa shape index (κ3) is 37.6. The molecule has 0 aliphatic rings. The largest absolute Gasteiger partial charge is 0.462 e. The van der Waals surface area contributed by atoms with Crippen LogP contribution in [0.15, 0.2) is 0 Å². The molecule has 0 aliphatic carbocycles. The zero-order valence-electron chi connectivity index (χ0n) is 32.0. The van der Waals surface area contributed by atoms with Crippen LogP contribution >= 0.6 is 0 Å². The molecule has 0 rings (SSSR count). The first-order valence-corrected chi connectivity index (χ1v) is 21.0. The van der Waals surface area contributed by atoms with Crippen LogP contribution in [0.2, 0.25) is 0 Å². The Morgan fingerprint density at radius 3 is 1.13 bits per heavy atom. The number of unbranched alkanes of at least 4 members (excludes halogenated alkanes) is 28. The van der Waals surface area contributed by atoms with E-state index in [1.54, 1.807) is 0 Å². The van der Waals surface area contributed by atoms with E-state index in [2.05, 4.69) is 20.8 Å². The van der Waals surface area contributed by atoms with Gasteiger partial charge in [0.2, 0.25) is 0 Å². The Kier molecular flexibility index (Phi) is 36.8. The Bertz CT molecular complexity index is 649. The molecular weight excluding hydrogens is 584 g/mol. The Labute approximate surface area is 293 Å². The summed E-state index contributed by atoms with van der Waals surface area (Å²) >= 11 is 0.